The molecule has 2 amide bonds. The van der Waals surface area contributed by atoms with E-state index in [1.165, 1.54) is 16.6 Å². The van der Waals surface area contributed by atoms with Crippen LogP contribution < -0.4 is 0 Å². The molecule has 0 aliphatic carbocycles. The number of halogens is 1. The molecule has 0 bridgehead atoms. The second kappa shape index (κ2) is 6.47. The predicted octanol–water partition coefficient (Wildman–Crippen LogP) is 3.47. The van der Waals surface area contributed by atoms with E-state index < -0.39 is 5.82 Å². The van der Waals surface area contributed by atoms with Gasteiger partial charge in [0.05, 0.1) is 12.2 Å². The standard InChI is InChI=1S/C19H17FN4O/c20-17-9-16(10-21-11-17)18-6-7-22-24(18)19(25)23-12-15(13-23)8-14-4-2-1-3-5-14/h1-5,7-11,18H,6,12-13H2. The SMILES string of the molecule is O=C(N1CC(=Cc2ccccc2)C1)N1N=CCC1c1cncc(F)c1. The molecule has 126 valence electrons. The molecule has 0 radical (unpaired) electrons. The van der Waals surface area contributed by atoms with Gasteiger partial charge in [-0.15, -0.1) is 0 Å². The van der Waals surface area contributed by atoms with Crippen LogP contribution in [0.15, 0.2) is 59.5 Å². The van der Waals surface area contributed by atoms with Crippen LogP contribution in [0, 0.1) is 5.82 Å². The Labute approximate surface area is 145 Å². The maximum Gasteiger partial charge on any atom is 0.341 e. The second-order valence-electron chi connectivity index (χ2n) is 6.18. The second-order valence-corrected chi connectivity index (χ2v) is 6.18. The fourth-order valence-electron chi connectivity index (χ4n) is 3.09. The largest absolute Gasteiger partial charge is 0.341 e. The molecule has 0 N–H and O–H groups in total. The van der Waals surface area contributed by atoms with Gasteiger partial charge < -0.3 is 4.90 Å². The molecule has 1 atom stereocenters. The Morgan fingerprint density at radius 2 is 2.00 bits per heavy atom. The molecule has 1 unspecified atom stereocenters. The van der Waals surface area contributed by atoms with E-state index in [0.29, 0.717) is 25.1 Å². The molecule has 2 aliphatic rings. The molecule has 1 fully saturated rings. The van der Waals surface area contributed by atoms with Gasteiger partial charge in [-0.3, -0.25) is 4.98 Å². The van der Waals surface area contributed by atoms with Gasteiger partial charge in [0.15, 0.2) is 0 Å². The van der Waals surface area contributed by atoms with Crippen molar-refractivity contribution in [1.29, 1.82) is 0 Å². The number of hydrazone groups is 1. The molecular formula is C19H17FN4O. The van der Waals surface area contributed by atoms with E-state index in [4.69, 9.17) is 0 Å². The average Bonchev–Trinajstić information content (AvgIpc) is 3.08. The number of hydrogen-bond donors (Lipinski definition) is 0. The molecular weight excluding hydrogens is 319 g/mol. The Hall–Kier alpha value is -3.02. The van der Waals surface area contributed by atoms with Gasteiger partial charge in [0.2, 0.25) is 0 Å². The number of aromatic nitrogens is 1. The summed E-state index contributed by atoms with van der Waals surface area (Å²) < 4.78 is 13.4. The highest BCUT2D eigenvalue weighted by atomic mass is 19.1. The normalized spacial score (nSPS) is 19.1. The summed E-state index contributed by atoms with van der Waals surface area (Å²) in [6.07, 6.45) is 7.09. The zero-order chi connectivity index (χ0) is 17.2. The monoisotopic (exact) mass is 336 g/mol. The van der Waals surface area contributed by atoms with Crippen molar-refractivity contribution in [2.45, 2.75) is 12.5 Å². The third-order valence-corrected chi connectivity index (χ3v) is 4.37. The lowest BCUT2D eigenvalue weighted by molar-refractivity contribution is 0.136. The Morgan fingerprint density at radius 1 is 1.20 bits per heavy atom. The summed E-state index contributed by atoms with van der Waals surface area (Å²) in [5, 5.41) is 5.61. The number of carbonyl (C=O) groups is 1. The fraction of sp³-hybridized carbons (Fsp3) is 0.211. The van der Waals surface area contributed by atoms with Crippen molar-refractivity contribution in [2.24, 2.45) is 5.10 Å². The number of carbonyl (C=O) groups excluding carboxylic acids is 1. The van der Waals surface area contributed by atoms with Crippen molar-refractivity contribution in [3.63, 3.8) is 0 Å². The van der Waals surface area contributed by atoms with E-state index in [1.54, 1.807) is 17.3 Å². The van der Waals surface area contributed by atoms with Crippen LogP contribution >= 0.6 is 0 Å². The Kier molecular flexibility index (Phi) is 4.01. The van der Waals surface area contributed by atoms with E-state index in [9.17, 15) is 9.18 Å². The summed E-state index contributed by atoms with van der Waals surface area (Å²) in [5.74, 6) is -0.408. The van der Waals surface area contributed by atoms with Crippen LogP contribution in [0.1, 0.15) is 23.6 Å². The van der Waals surface area contributed by atoms with Crippen LogP contribution in [0.25, 0.3) is 6.08 Å². The number of urea groups is 1. The van der Waals surface area contributed by atoms with Crippen LogP contribution in [-0.2, 0) is 0 Å². The summed E-state index contributed by atoms with van der Waals surface area (Å²) in [7, 11) is 0. The lowest BCUT2D eigenvalue weighted by atomic mass is 10.0. The first-order valence-electron chi connectivity index (χ1n) is 8.16. The number of nitrogens with zero attached hydrogens (tertiary/aromatic N) is 4. The third-order valence-electron chi connectivity index (χ3n) is 4.37. The zero-order valence-electron chi connectivity index (χ0n) is 13.5. The van der Waals surface area contributed by atoms with Gasteiger partial charge in [-0.2, -0.15) is 5.10 Å². The number of benzene rings is 1. The van der Waals surface area contributed by atoms with Crippen LogP contribution in [0.2, 0.25) is 0 Å². The highest BCUT2D eigenvalue weighted by Gasteiger charge is 2.35. The zero-order valence-corrected chi connectivity index (χ0v) is 13.5. The molecule has 6 heteroatoms. The molecule has 25 heavy (non-hydrogen) atoms. The van der Waals surface area contributed by atoms with Crippen molar-refractivity contribution in [1.82, 2.24) is 14.9 Å². The fourth-order valence-corrected chi connectivity index (χ4v) is 3.09. The topological polar surface area (TPSA) is 48.8 Å². The quantitative estimate of drug-likeness (QED) is 0.843. The summed E-state index contributed by atoms with van der Waals surface area (Å²) in [4.78, 5) is 18.3. The van der Waals surface area contributed by atoms with Gasteiger partial charge in [0.1, 0.15) is 5.82 Å². The van der Waals surface area contributed by atoms with Gasteiger partial charge >= 0.3 is 6.03 Å². The van der Waals surface area contributed by atoms with Gasteiger partial charge in [0, 0.05) is 31.9 Å². The first kappa shape index (κ1) is 15.5. The molecule has 5 nitrogen and oxygen atoms in total. The number of pyridine rings is 1. The lowest BCUT2D eigenvalue weighted by Gasteiger charge is -2.37. The van der Waals surface area contributed by atoms with E-state index in [0.717, 1.165) is 11.8 Å². The van der Waals surface area contributed by atoms with Crippen LogP contribution in [0.4, 0.5) is 9.18 Å². The maximum absolute atomic E-state index is 13.4. The Bertz CT molecular complexity index is 842. The smallest absolute Gasteiger partial charge is 0.315 e. The van der Waals surface area contributed by atoms with Crippen LogP contribution in [0.3, 0.4) is 0 Å². The molecule has 2 aliphatic heterocycles. The summed E-state index contributed by atoms with van der Waals surface area (Å²) in [6, 6.07) is 11.0. The number of likely N-dealkylation sites (tertiary alicyclic amines) is 1. The van der Waals surface area contributed by atoms with E-state index in [2.05, 4.69) is 16.2 Å². The van der Waals surface area contributed by atoms with Gasteiger partial charge in [-0.05, 0) is 22.8 Å². The van der Waals surface area contributed by atoms with Crippen molar-refractivity contribution in [2.75, 3.05) is 13.1 Å². The molecule has 0 spiro atoms. The van der Waals surface area contributed by atoms with Crippen LogP contribution in [-0.4, -0.2) is 40.2 Å². The highest BCUT2D eigenvalue weighted by Crippen LogP contribution is 2.31. The van der Waals surface area contributed by atoms with E-state index >= 15 is 0 Å². The first-order valence-corrected chi connectivity index (χ1v) is 8.16. The minimum absolute atomic E-state index is 0.159. The maximum atomic E-state index is 13.4. The molecule has 3 heterocycles. The van der Waals surface area contributed by atoms with E-state index in [-0.39, 0.29) is 12.1 Å². The Balaban J connectivity index is 1.43. The molecule has 1 aromatic heterocycles. The van der Waals surface area contributed by atoms with E-state index in [1.807, 2.05) is 30.3 Å². The summed E-state index contributed by atoms with van der Waals surface area (Å²) in [6.45, 7) is 1.18. The number of amides is 2. The number of hydrogen-bond acceptors (Lipinski definition) is 3. The lowest BCUT2D eigenvalue weighted by Crippen LogP contribution is -2.49. The highest BCUT2D eigenvalue weighted by molar-refractivity contribution is 5.80. The number of rotatable bonds is 2. The van der Waals surface area contributed by atoms with Crippen molar-refractivity contribution in [3.05, 3.63) is 71.3 Å². The van der Waals surface area contributed by atoms with Gasteiger partial charge in [-0.1, -0.05) is 36.4 Å². The average molecular weight is 336 g/mol. The van der Waals surface area contributed by atoms with Gasteiger partial charge in [0.25, 0.3) is 0 Å². The van der Waals surface area contributed by atoms with Crippen molar-refractivity contribution in [3.8, 4) is 0 Å². The van der Waals surface area contributed by atoms with Crippen molar-refractivity contribution >= 4 is 18.3 Å². The predicted molar refractivity (Wildman–Crippen MR) is 93.3 cm³/mol. The van der Waals surface area contributed by atoms with Crippen LogP contribution in [0.5, 0.6) is 0 Å². The first-order chi connectivity index (χ1) is 12.2. The minimum Gasteiger partial charge on any atom is -0.315 e. The Morgan fingerprint density at radius 3 is 2.76 bits per heavy atom. The molecule has 1 saturated heterocycles. The molecule has 1 aromatic carbocycles. The molecule has 4 rings (SSSR count). The third kappa shape index (κ3) is 3.15. The summed E-state index contributed by atoms with van der Waals surface area (Å²) in [5.41, 5.74) is 2.99. The molecule has 2 aromatic rings. The van der Waals surface area contributed by atoms with Crippen molar-refractivity contribution < 1.29 is 9.18 Å². The van der Waals surface area contributed by atoms with Gasteiger partial charge in [-0.25, -0.2) is 14.2 Å². The summed E-state index contributed by atoms with van der Waals surface area (Å²) >= 11 is 0. The minimum atomic E-state index is -0.408. The molecule has 0 saturated carbocycles.